The highest BCUT2D eigenvalue weighted by Gasteiger charge is 2.23. The fourth-order valence-electron chi connectivity index (χ4n) is 3.76. The number of rotatable bonds is 6. The number of benzene rings is 1. The van der Waals surface area contributed by atoms with E-state index in [-0.39, 0.29) is 6.61 Å². The van der Waals surface area contributed by atoms with Crippen molar-refractivity contribution in [2.75, 3.05) is 19.8 Å². The van der Waals surface area contributed by atoms with Gasteiger partial charge in [0.2, 0.25) is 0 Å². The van der Waals surface area contributed by atoms with E-state index < -0.39 is 0 Å². The van der Waals surface area contributed by atoms with Gasteiger partial charge in [-0.05, 0) is 25.0 Å². The molecule has 1 N–H and O–H groups in total. The molecule has 1 fully saturated rings. The molecule has 2 aromatic heterocycles. The summed E-state index contributed by atoms with van der Waals surface area (Å²) in [7, 11) is 0. The third-order valence-corrected chi connectivity index (χ3v) is 5.16. The Morgan fingerprint density at radius 1 is 1.19 bits per heavy atom. The molecule has 1 saturated heterocycles. The van der Waals surface area contributed by atoms with Crippen LogP contribution in [0.4, 0.5) is 0 Å². The van der Waals surface area contributed by atoms with Crippen LogP contribution >= 0.6 is 0 Å². The topological polar surface area (TPSA) is 78.0 Å². The molecule has 0 amide bonds. The summed E-state index contributed by atoms with van der Waals surface area (Å²) < 4.78 is 9.55. The van der Waals surface area contributed by atoms with Crippen LogP contribution in [-0.4, -0.2) is 49.2 Å². The molecule has 3 heterocycles. The lowest BCUT2D eigenvalue weighted by molar-refractivity contribution is 0.0835. The van der Waals surface area contributed by atoms with Crippen LogP contribution in [-0.2, 0) is 17.8 Å². The van der Waals surface area contributed by atoms with Crippen molar-refractivity contribution in [2.45, 2.75) is 51.6 Å². The maximum Gasteiger partial charge on any atom is 0.154 e. The van der Waals surface area contributed by atoms with Crippen LogP contribution in [0, 0.1) is 0 Å². The van der Waals surface area contributed by atoms with Crippen molar-refractivity contribution in [3.05, 3.63) is 41.7 Å². The van der Waals surface area contributed by atoms with E-state index in [4.69, 9.17) is 19.8 Å². The van der Waals surface area contributed by atoms with Crippen LogP contribution in [0.2, 0.25) is 0 Å². The van der Waals surface area contributed by atoms with Gasteiger partial charge >= 0.3 is 0 Å². The Morgan fingerprint density at radius 3 is 2.70 bits per heavy atom. The van der Waals surface area contributed by atoms with Crippen molar-refractivity contribution < 1.29 is 9.84 Å². The number of aliphatic hydroxyl groups is 1. The number of imidazole rings is 1. The van der Waals surface area contributed by atoms with Gasteiger partial charge in [0.15, 0.2) is 5.82 Å². The van der Waals surface area contributed by atoms with E-state index in [1.807, 2.05) is 22.9 Å². The highest BCUT2D eigenvalue weighted by atomic mass is 16.5. The third kappa shape index (κ3) is 3.61. The Kier molecular flexibility index (Phi) is 5.22. The molecule has 0 unspecified atom stereocenters. The largest absolute Gasteiger partial charge is 0.394 e. The minimum atomic E-state index is 0.0469. The number of aliphatic hydroxyl groups excluding tert-OH is 1. The van der Waals surface area contributed by atoms with Crippen molar-refractivity contribution in [1.82, 2.24) is 24.3 Å². The van der Waals surface area contributed by atoms with E-state index in [1.54, 1.807) is 0 Å². The molecule has 7 nitrogen and oxygen atoms in total. The summed E-state index contributed by atoms with van der Waals surface area (Å²) in [6, 6.07) is 8.20. The summed E-state index contributed by atoms with van der Waals surface area (Å²) in [6.07, 6.45) is 1.90. The van der Waals surface area contributed by atoms with Crippen LogP contribution in [0.5, 0.6) is 0 Å². The molecule has 27 heavy (non-hydrogen) atoms. The first-order chi connectivity index (χ1) is 13.2. The second-order valence-electron chi connectivity index (χ2n) is 7.42. The summed E-state index contributed by atoms with van der Waals surface area (Å²) in [6.45, 7) is 6.94. The fourth-order valence-corrected chi connectivity index (χ4v) is 3.76. The molecule has 0 atom stereocenters. The molecule has 0 aliphatic carbocycles. The van der Waals surface area contributed by atoms with Crippen molar-refractivity contribution >= 4 is 11.0 Å². The molecule has 1 aromatic carbocycles. The molecule has 1 aliphatic rings. The van der Waals surface area contributed by atoms with Gasteiger partial charge in [0.1, 0.15) is 11.6 Å². The van der Waals surface area contributed by atoms with Gasteiger partial charge in [-0.3, -0.25) is 0 Å². The van der Waals surface area contributed by atoms with Gasteiger partial charge < -0.3 is 14.4 Å². The Balaban J connectivity index is 1.72. The molecule has 144 valence electrons. The van der Waals surface area contributed by atoms with Gasteiger partial charge in [0, 0.05) is 25.0 Å². The average Bonchev–Trinajstić information content (AvgIpc) is 3.25. The standard InChI is InChI=1S/C20H27N5O2/c1-14(2)20-21-16-5-3-4-6-17(16)24(20)13-18-22-19(23-25(18)9-10-26)15-7-11-27-12-8-15/h3-6,14-15,26H,7-13H2,1-2H3. The number of aromatic nitrogens is 5. The monoisotopic (exact) mass is 369 g/mol. The van der Waals surface area contributed by atoms with Crippen molar-refractivity contribution in [3.63, 3.8) is 0 Å². The van der Waals surface area contributed by atoms with E-state index >= 15 is 0 Å². The number of para-hydroxylation sites is 2. The molecule has 4 rings (SSSR count). The fraction of sp³-hybridized carbons (Fsp3) is 0.550. The van der Waals surface area contributed by atoms with Gasteiger partial charge in [0.25, 0.3) is 0 Å². The SMILES string of the molecule is CC(C)c1nc2ccccc2n1Cc1nc(C2CCOCC2)nn1CCO. The highest BCUT2D eigenvalue weighted by Crippen LogP contribution is 2.26. The minimum Gasteiger partial charge on any atom is -0.394 e. The van der Waals surface area contributed by atoms with Gasteiger partial charge in [-0.1, -0.05) is 26.0 Å². The molecule has 0 spiro atoms. The Morgan fingerprint density at radius 2 is 1.96 bits per heavy atom. The first-order valence-corrected chi connectivity index (χ1v) is 9.74. The van der Waals surface area contributed by atoms with Crippen LogP contribution in [0.3, 0.4) is 0 Å². The molecular weight excluding hydrogens is 342 g/mol. The zero-order valence-corrected chi connectivity index (χ0v) is 16.0. The Hall–Kier alpha value is -2.25. The van der Waals surface area contributed by atoms with Crippen LogP contribution in [0.25, 0.3) is 11.0 Å². The van der Waals surface area contributed by atoms with Crippen molar-refractivity contribution in [3.8, 4) is 0 Å². The maximum atomic E-state index is 9.48. The summed E-state index contributed by atoms with van der Waals surface area (Å²) in [5.74, 6) is 3.43. The van der Waals surface area contributed by atoms with Crippen molar-refractivity contribution in [1.29, 1.82) is 0 Å². The van der Waals surface area contributed by atoms with E-state index in [1.165, 1.54) is 0 Å². The van der Waals surface area contributed by atoms with Gasteiger partial charge in [-0.25, -0.2) is 14.6 Å². The van der Waals surface area contributed by atoms with E-state index in [9.17, 15) is 5.11 Å². The number of hydrogen-bond acceptors (Lipinski definition) is 5. The van der Waals surface area contributed by atoms with Crippen molar-refractivity contribution in [2.24, 2.45) is 0 Å². The molecule has 7 heteroatoms. The van der Waals surface area contributed by atoms with E-state index in [0.29, 0.717) is 24.9 Å². The highest BCUT2D eigenvalue weighted by molar-refractivity contribution is 5.76. The summed E-state index contributed by atoms with van der Waals surface area (Å²) in [5, 5.41) is 14.2. The number of nitrogens with zero attached hydrogens (tertiary/aromatic N) is 5. The molecule has 0 bridgehead atoms. The quantitative estimate of drug-likeness (QED) is 0.723. The lowest BCUT2D eigenvalue weighted by Crippen LogP contribution is -2.15. The zero-order valence-electron chi connectivity index (χ0n) is 16.0. The minimum absolute atomic E-state index is 0.0469. The van der Waals surface area contributed by atoms with Gasteiger partial charge in [-0.2, -0.15) is 5.10 Å². The lowest BCUT2D eigenvalue weighted by Gasteiger charge is -2.18. The van der Waals surface area contributed by atoms with Gasteiger partial charge in [-0.15, -0.1) is 0 Å². The second-order valence-corrected chi connectivity index (χ2v) is 7.42. The number of ether oxygens (including phenoxy) is 1. The van der Waals surface area contributed by atoms with E-state index in [2.05, 4.69) is 24.5 Å². The van der Waals surface area contributed by atoms with Crippen LogP contribution in [0.1, 0.15) is 56.0 Å². The third-order valence-electron chi connectivity index (χ3n) is 5.16. The number of fused-ring (bicyclic) bond motifs is 1. The first kappa shape index (κ1) is 18.1. The molecule has 0 radical (unpaired) electrons. The maximum absolute atomic E-state index is 9.48. The first-order valence-electron chi connectivity index (χ1n) is 9.74. The predicted octanol–water partition coefficient (Wildman–Crippen LogP) is 2.69. The van der Waals surface area contributed by atoms with Crippen LogP contribution in [0.15, 0.2) is 24.3 Å². The predicted molar refractivity (Wildman–Crippen MR) is 103 cm³/mol. The Labute approximate surface area is 159 Å². The summed E-state index contributed by atoms with van der Waals surface area (Å²) in [4.78, 5) is 9.69. The second kappa shape index (κ2) is 7.78. The van der Waals surface area contributed by atoms with Crippen LogP contribution < -0.4 is 0 Å². The average molecular weight is 369 g/mol. The smallest absolute Gasteiger partial charge is 0.154 e. The van der Waals surface area contributed by atoms with E-state index in [0.717, 1.165) is 54.6 Å². The molecule has 3 aromatic rings. The molecule has 1 aliphatic heterocycles. The Bertz CT molecular complexity index is 908. The normalized spacial score (nSPS) is 15.9. The number of hydrogen-bond donors (Lipinski definition) is 1. The zero-order chi connectivity index (χ0) is 18.8. The summed E-state index contributed by atoms with van der Waals surface area (Å²) >= 11 is 0. The summed E-state index contributed by atoms with van der Waals surface area (Å²) in [5.41, 5.74) is 2.10. The lowest BCUT2D eigenvalue weighted by atomic mass is 10.00. The molecular formula is C20H27N5O2. The molecule has 0 saturated carbocycles. The van der Waals surface area contributed by atoms with Gasteiger partial charge in [0.05, 0.1) is 30.7 Å².